The lowest BCUT2D eigenvalue weighted by molar-refractivity contribution is 0.324. The zero-order chi connectivity index (χ0) is 23.6. The summed E-state index contributed by atoms with van der Waals surface area (Å²) in [5.74, 6) is 2.10. The van der Waals surface area contributed by atoms with Crippen LogP contribution in [0, 0.1) is 0 Å². The van der Waals surface area contributed by atoms with E-state index in [4.69, 9.17) is 19.2 Å². The average molecular weight is 470 g/mol. The molecule has 2 N–H and O–H groups in total. The van der Waals surface area contributed by atoms with Crippen LogP contribution in [0.1, 0.15) is 0 Å². The third-order valence-electron chi connectivity index (χ3n) is 4.78. The zero-order valence-electron chi connectivity index (χ0n) is 18.5. The Kier molecular flexibility index (Phi) is 5.97. The lowest BCUT2D eigenvalue weighted by Crippen LogP contribution is -2.09. The molecule has 0 fully saturated rings. The predicted octanol–water partition coefficient (Wildman–Crippen LogP) is 3.54. The fourth-order valence-corrected chi connectivity index (χ4v) is 3.96. The van der Waals surface area contributed by atoms with Gasteiger partial charge >= 0.3 is 0 Å². The van der Waals surface area contributed by atoms with Crippen LogP contribution in [0.3, 0.4) is 0 Å². The topological polar surface area (TPSA) is 116 Å². The van der Waals surface area contributed by atoms with Crippen molar-refractivity contribution < 1.29 is 22.6 Å². The van der Waals surface area contributed by atoms with Crippen molar-refractivity contribution in [3.8, 4) is 28.4 Å². The van der Waals surface area contributed by atoms with Gasteiger partial charge in [0, 0.05) is 35.3 Å². The van der Waals surface area contributed by atoms with Crippen molar-refractivity contribution in [1.82, 2.24) is 14.6 Å². The van der Waals surface area contributed by atoms with Crippen molar-refractivity contribution in [3.05, 3.63) is 54.9 Å². The average Bonchev–Trinajstić information content (AvgIpc) is 3.20. The first-order valence-corrected chi connectivity index (χ1v) is 11.7. The SMILES string of the molecule is COc1cc(Nc2ccn3ncc(-c4cccc(NS(C)(=O)=O)c4)c3n2)cc(OC)c1OC. The van der Waals surface area contributed by atoms with Crippen LogP contribution in [0.5, 0.6) is 17.2 Å². The molecule has 0 unspecified atom stereocenters. The van der Waals surface area contributed by atoms with Crippen LogP contribution in [-0.2, 0) is 10.0 Å². The molecule has 0 aliphatic rings. The molecule has 0 radical (unpaired) electrons. The molecule has 0 bridgehead atoms. The summed E-state index contributed by atoms with van der Waals surface area (Å²) in [7, 11) is 1.26. The molecule has 172 valence electrons. The fourth-order valence-electron chi connectivity index (χ4n) is 3.41. The maximum atomic E-state index is 11.6. The highest BCUT2D eigenvalue weighted by molar-refractivity contribution is 7.92. The van der Waals surface area contributed by atoms with Gasteiger partial charge in [-0.15, -0.1) is 0 Å². The summed E-state index contributed by atoms with van der Waals surface area (Å²) in [6, 6.07) is 12.4. The molecule has 0 saturated carbocycles. The molecule has 33 heavy (non-hydrogen) atoms. The van der Waals surface area contributed by atoms with Gasteiger partial charge in [-0.2, -0.15) is 5.10 Å². The molecule has 2 aromatic heterocycles. The highest BCUT2D eigenvalue weighted by atomic mass is 32.2. The summed E-state index contributed by atoms with van der Waals surface area (Å²) >= 11 is 0. The van der Waals surface area contributed by atoms with Gasteiger partial charge in [0.15, 0.2) is 17.1 Å². The summed E-state index contributed by atoms with van der Waals surface area (Å²) in [6.07, 6.45) is 4.58. The first-order chi connectivity index (χ1) is 15.8. The molecule has 10 nitrogen and oxygen atoms in total. The van der Waals surface area contributed by atoms with E-state index in [0.29, 0.717) is 40.1 Å². The third kappa shape index (κ3) is 4.77. The molecule has 0 saturated heterocycles. The van der Waals surface area contributed by atoms with Crippen molar-refractivity contribution >= 4 is 32.9 Å². The first-order valence-electron chi connectivity index (χ1n) is 9.81. The summed E-state index contributed by atoms with van der Waals surface area (Å²) in [4.78, 5) is 4.70. The predicted molar refractivity (Wildman–Crippen MR) is 126 cm³/mol. The maximum absolute atomic E-state index is 11.6. The van der Waals surface area contributed by atoms with Gasteiger partial charge in [0.05, 0.1) is 33.8 Å². The number of methoxy groups -OCH3 is 3. The summed E-state index contributed by atoms with van der Waals surface area (Å²) < 4.78 is 43.5. The number of ether oxygens (including phenoxy) is 3. The number of anilines is 3. The van der Waals surface area contributed by atoms with E-state index >= 15 is 0 Å². The Morgan fingerprint density at radius 1 is 0.939 bits per heavy atom. The molecule has 2 aromatic carbocycles. The minimum Gasteiger partial charge on any atom is -0.493 e. The van der Waals surface area contributed by atoms with Gasteiger partial charge in [-0.1, -0.05) is 12.1 Å². The number of nitrogens with one attached hydrogen (secondary N) is 2. The van der Waals surface area contributed by atoms with Gasteiger partial charge in [-0.3, -0.25) is 4.72 Å². The van der Waals surface area contributed by atoms with E-state index in [2.05, 4.69) is 15.1 Å². The number of hydrogen-bond donors (Lipinski definition) is 2. The quantitative estimate of drug-likeness (QED) is 0.403. The maximum Gasteiger partial charge on any atom is 0.229 e. The molecule has 0 aliphatic heterocycles. The molecule has 0 aliphatic carbocycles. The van der Waals surface area contributed by atoms with Crippen LogP contribution >= 0.6 is 0 Å². The Morgan fingerprint density at radius 3 is 2.30 bits per heavy atom. The molecule has 4 rings (SSSR count). The van der Waals surface area contributed by atoms with Crippen molar-refractivity contribution in [1.29, 1.82) is 0 Å². The van der Waals surface area contributed by atoms with E-state index in [1.807, 2.05) is 6.07 Å². The second-order valence-electron chi connectivity index (χ2n) is 7.13. The van der Waals surface area contributed by atoms with E-state index in [-0.39, 0.29) is 0 Å². The van der Waals surface area contributed by atoms with Crippen LogP contribution < -0.4 is 24.2 Å². The van der Waals surface area contributed by atoms with Gasteiger partial charge in [-0.25, -0.2) is 17.9 Å². The number of fused-ring (bicyclic) bond motifs is 1. The second kappa shape index (κ2) is 8.87. The molecule has 0 atom stereocenters. The van der Waals surface area contributed by atoms with E-state index in [1.165, 1.54) is 0 Å². The Bertz CT molecular complexity index is 1390. The largest absolute Gasteiger partial charge is 0.493 e. The number of nitrogens with zero attached hydrogens (tertiary/aromatic N) is 3. The Hall–Kier alpha value is -3.99. The number of rotatable bonds is 8. The van der Waals surface area contributed by atoms with Crippen LogP contribution in [-0.4, -0.2) is 50.6 Å². The lowest BCUT2D eigenvalue weighted by atomic mass is 10.1. The van der Waals surface area contributed by atoms with Crippen LogP contribution in [0.15, 0.2) is 54.9 Å². The molecule has 0 spiro atoms. The monoisotopic (exact) mass is 469 g/mol. The van der Waals surface area contributed by atoms with Gasteiger partial charge in [0.2, 0.25) is 15.8 Å². The normalized spacial score (nSPS) is 11.3. The summed E-state index contributed by atoms with van der Waals surface area (Å²) in [6.45, 7) is 0. The first kappa shape index (κ1) is 22.2. The summed E-state index contributed by atoms with van der Waals surface area (Å²) in [5.41, 5.74) is 3.28. The Labute approximate surface area is 191 Å². The summed E-state index contributed by atoms with van der Waals surface area (Å²) in [5, 5.41) is 7.60. The minimum absolute atomic E-state index is 0.459. The van der Waals surface area contributed by atoms with Gasteiger partial charge in [0.25, 0.3) is 0 Å². The van der Waals surface area contributed by atoms with Crippen LogP contribution in [0.25, 0.3) is 16.8 Å². The van der Waals surface area contributed by atoms with E-state index in [0.717, 1.165) is 17.4 Å². The number of hydrogen-bond acceptors (Lipinski definition) is 8. The highest BCUT2D eigenvalue weighted by Gasteiger charge is 2.15. The van der Waals surface area contributed by atoms with E-state index in [1.54, 1.807) is 74.6 Å². The smallest absolute Gasteiger partial charge is 0.229 e. The van der Waals surface area contributed by atoms with Crippen molar-refractivity contribution in [2.24, 2.45) is 0 Å². The van der Waals surface area contributed by atoms with E-state index < -0.39 is 10.0 Å². The fraction of sp³-hybridized carbons (Fsp3) is 0.182. The van der Waals surface area contributed by atoms with Crippen LogP contribution in [0.4, 0.5) is 17.2 Å². The zero-order valence-corrected chi connectivity index (χ0v) is 19.3. The molecule has 4 aromatic rings. The molecule has 11 heteroatoms. The molecule has 2 heterocycles. The molecule has 0 amide bonds. The lowest BCUT2D eigenvalue weighted by Gasteiger charge is -2.15. The third-order valence-corrected chi connectivity index (χ3v) is 5.39. The number of sulfonamides is 1. The van der Waals surface area contributed by atoms with E-state index in [9.17, 15) is 8.42 Å². The van der Waals surface area contributed by atoms with Crippen molar-refractivity contribution in [2.45, 2.75) is 0 Å². The second-order valence-corrected chi connectivity index (χ2v) is 8.88. The van der Waals surface area contributed by atoms with Gasteiger partial charge in [0.1, 0.15) is 5.82 Å². The van der Waals surface area contributed by atoms with Gasteiger partial charge < -0.3 is 19.5 Å². The Balaban J connectivity index is 1.71. The van der Waals surface area contributed by atoms with Crippen LogP contribution in [0.2, 0.25) is 0 Å². The highest BCUT2D eigenvalue weighted by Crippen LogP contribution is 2.40. The van der Waals surface area contributed by atoms with Crippen molar-refractivity contribution in [2.75, 3.05) is 37.6 Å². The van der Waals surface area contributed by atoms with Gasteiger partial charge in [-0.05, 0) is 23.8 Å². The standard InChI is InChI=1S/C22H23N5O5S/c1-30-18-11-16(12-19(31-2)21(18)32-3)24-20-8-9-27-22(25-20)17(13-23-27)14-6-5-7-15(10-14)26-33(4,28)29/h5-13,26H,1-4H3,(H,24,25). The Morgan fingerprint density at radius 2 is 1.67 bits per heavy atom. The molecular weight excluding hydrogens is 446 g/mol. The minimum atomic E-state index is -3.39. The van der Waals surface area contributed by atoms with Crippen molar-refractivity contribution in [3.63, 3.8) is 0 Å². The number of benzene rings is 2. The number of aromatic nitrogens is 3. The molecular formula is C22H23N5O5S.